The molecule has 1 aromatic carbocycles. The third kappa shape index (κ3) is 4.86. The van der Waals surface area contributed by atoms with Crippen molar-refractivity contribution in [3.63, 3.8) is 0 Å². The first-order valence-electron chi connectivity index (χ1n) is 8.77. The van der Waals surface area contributed by atoms with Crippen LogP contribution in [-0.2, 0) is 13.2 Å². The van der Waals surface area contributed by atoms with Crippen LogP contribution in [-0.4, -0.2) is 15.0 Å². The molecule has 0 fully saturated rings. The maximum Gasteiger partial charge on any atom is 0.130 e. The van der Waals surface area contributed by atoms with Gasteiger partial charge in [0.1, 0.15) is 18.2 Å². The molecule has 3 rings (SSSR count). The summed E-state index contributed by atoms with van der Waals surface area (Å²) in [5.74, 6) is 1.65. The summed E-state index contributed by atoms with van der Waals surface area (Å²) in [4.78, 5) is 13.0. The molecule has 1 atom stereocenters. The van der Waals surface area contributed by atoms with E-state index in [0.717, 1.165) is 35.1 Å². The van der Waals surface area contributed by atoms with Crippen LogP contribution in [0.2, 0.25) is 0 Å². The fourth-order valence-electron chi connectivity index (χ4n) is 2.74. The van der Waals surface area contributed by atoms with Crippen molar-refractivity contribution in [3.8, 4) is 5.75 Å². The average molecular weight is 348 g/mol. The van der Waals surface area contributed by atoms with Crippen LogP contribution in [0.3, 0.4) is 0 Å². The van der Waals surface area contributed by atoms with E-state index in [1.54, 1.807) is 6.20 Å². The summed E-state index contributed by atoms with van der Waals surface area (Å²) in [6.45, 7) is 7.31. The van der Waals surface area contributed by atoms with E-state index in [1.807, 2.05) is 50.4 Å². The molecular formula is C21H24N4O. The molecule has 0 aliphatic carbocycles. The lowest BCUT2D eigenvalue weighted by Crippen LogP contribution is -2.19. The smallest absolute Gasteiger partial charge is 0.130 e. The summed E-state index contributed by atoms with van der Waals surface area (Å²) >= 11 is 0. The summed E-state index contributed by atoms with van der Waals surface area (Å²) in [7, 11) is 0. The van der Waals surface area contributed by atoms with E-state index in [1.165, 1.54) is 5.56 Å². The maximum absolute atomic E-state index is 5.77. The average Bonchev–Trinajstić information content (AvgIpc) is 2.66. The molecule has 0 saturated carbocycles. The predicted octanol–water partition coefficient (Wildman–Crippen LogP) is 3.92. The van der Waals surface area contributed by atoms with Crippen LogP contribution in [0.15, 0.2) is 54.9 Å². The number of ether oxygens (including phenoxy) is 1. The Kier molecular flexibility index (Phi) is 5.92. The first-order chi connectivity index (χ1) is 12.6. The Morgan fingerprint density at radius 1 is 1.04 bits per heavy atom. The maximum atomic E-state index is 5.77. The molecule has 2 aromatic heterocycles. The number of nitrogens with zero attached hydrogens (tertiary/aromatic N) is 3. The van der Waals surface area contributed by atoms with Gasteiger partial charge in [-0.05, 0) is 50.6 Å². The van der Waals surface area contributed by atoms with Gasteiger partial charge in [0.15, 0.2) is 0 Å². The highest BCUT2D eigenvalue weighted by atomic mass is 16.5. The summed E-state index contributed by atoms with van der Waals surface area (Å²) in [6.07, 6.45) is 3.68. The number of nitrogens with one attached hydrogen (secondary N) is 1. The lowest BCUT2D eigenvalue weighted by atomic mass is 10.1. The lowest BCUT2D eigenvalue weighted by molar-refractivity contribution is 0.301. The minimum absolute atomic E-state index is 0.190. The highest BCUT2D eigenvalue weighted by molar-refractivity contribution is 5.28. The van der Waals surface area contributed by atoms with Crippen LogP contribution in [0.4, 0.5) is 0 Å². The van der Waals surface area contributed by atoms with E-state index in [9.17, 15) is 0 Å². The number of hydrogen-bond donors (Lipinski definition) is 1. The zero-order chi connectivity index (χ0) is 18.4. The van der Waals surface area contributed by atoms with Gasteiger partial charge in [0.25, 0.3) is 0 Å². The van der Waals surface area contributed by atoms with Crippen LogP contribution in [0.1, 0.15) is 41.3 Å². The Bertz CT molecular complexity index is 834. The third-order valence-corrected chi connectivity index (χ3v) is 4.25. The van der Waals surface area contributed by atoms with Crippen molar-refractivity contribution in [2.24, 2.45) is 0 Å². The van der Waals surface area contributed by atoms with Crippen molar-refractivity contribution in [2.75, 3.05) is 0 Å². The second-order valence-electron chi connectivity index (χ2n) is 6.31. The highest BCUT2D eigenvalue weighted by Crippen LogP contribution is 2.17. The Morgan fingerprint density at radius 3 is 2.54 bits per heavy atom. The Labute approximate surface area is 154 Å². The summed E-state index contributed by atoms with van der Waals surface area (Å²) < 4.78 is 5.77. The van der Waals surface area contributed by atoms with E-state index in [4.69, 9.17) is 4.74 Å². The fraction of sp³-hybridized carbons (Fsp3) is 0.286. The molecule has 1 unspecified atom stereocenters. The van der Waals surface area contributed by atoms with Crippen molar-refractivity contribution in [2.45, 2.75) is 40.0 Å². The topological polar surface area (TPSA) is 59.9 Å². The van der Waals surface area contributed by atoms with Gasteiger partial charge >= 0.3 is 0 Å². The first kappa shape index (κ1) is 18.0. The van der Waals surface area contributed by atoms with Gasteiger partial charge in [-0.15, -0.1) is 0 Å². The van der Waals surface area contributed by atoms with E-state index >= 15 is 0 Å². The van der Waals surface area contributed by atoms with Crippen molar-refractivity contribution >= 4 is 0 Å². The van der Waals surface area contributed by atoms with E-state index in [0.29, 0.717) is 6.61 Å². The molecule has 5 nitrogen and oxygen atoms in total. The number of benzene rings is 1. The molecule has 0 radical (unpaired) electrons. The molecule has 3 aromatic rings. The Morgan fingerprint density at radius 2 is 1.85 bits per heavy atom. The van der Waals surface area contributed by atoms with Crippen molar-refractivity contribution in [1.82, 2.24) is 20.3 Å². The monoisotopic (exact) mass is 348 g/mol. The molecule has 5 heteroatoms. The molecule has 0 aliphatic heterocycles. The summed E-state index contributed by atoms with van der Waals surface area (Å²) in [5, 5.41) is 3.52. The minimum Gasteiger partial charge on any atom is -0.487 e. The number of aromatic nitrogens is 3. The molecule has 2 heterocycles. The number of hydrogen-bond acceptors (Lipinski definition) is 5. The van der Waals surface area contributed by atoms with Crippen molar-refractivity contribution in [1.29, 1.82) is 0 Å². The van der Waals surface area contributed by atoms with E-state index < -0.39 is 0 Å². The second kappa shape index (κ2) is 8.54. The molecule has 134 valence electrons. The van der Waals surface area contributed by atoms with Gasteiger partial charge in [0.2, 0.25) is 0 Å². The normalized spacial score (nSPS) is 12.0. The molecular weight excluding hydrogens is 324 g/mol. The van der Waals surface area contributed by atoms with Crippen LogP contribution in [0.5, 0.6) is 5.75 Å². The molecule has 0 saturated heterocycles. The fourth-order valence-corrected chi connectivity index (χ4v) is 2.74. The highest BCUT2D eigenvalue weighted by Gasteiger charge is 2.10. The van der Waals surface area contributed by atoms with Gasteiger partial charge in [0, 0.05) is 36.2 Å². The van der Waals surface area contributed by atoms with Gasteiger partial charge in [-0.2, -0.15) is 0 Å². The van der Waals surface area contributed by atoms with Gasteiger partial charge in [-0.25, -0.2) is 9.97 Å². The quantitative estimate of drug-likeness (QED) is 0.701. The zero-order valence-corrected chi connectivity index (χ0v) is 15.4. The summed E-state index contributed by atoms with van der Waals surface area (Å²) in [5.41, 5.74) is 4.28. The molecule has 0 aliphatic rings. The van der Waals surface area contributed by atoms with Gasteiger partial charge in [0.05, 0.1) is 5.69 Å². The first-order valence-corrected chi connectivity index (χ1v) is 8.77. The molecule has 0 bridgehead atoms. The van der Waals surface area contributed by atoms with Gasteiger partial charge in [-0.3, -0.25) is 4.98 Å². The molecule has 26 heavy (non-hydrogen) atoms. The third-order valence-electron chi connectivity index (χ3n) is 4.25. The zero-order valence-electron chi connectivity index (χ0n) is 15.4. The SMILES string of the molecule is Cc1ncc(C(C)NCc2ccc(OCc3ccccn3)cc2)c(C)n1. The number of rotatable bonds is 7. The van der Waals surface area contributed by atoms with E-state index in [2.05, 4.69) is 39.3 Å². The van der Waals surface area contributed by atoms with Crippen molar-refractivity contribution in [3.05, 3.63) is 83.2 Å². The van der Waals surface area contributed by atoms with Crippen LogP contribution >= 0.6 is 0 Å². The Hall–Kier alpha value is -2.79. The number of pyridine rings is 1. The predicted molar refractivity (Wildman–Crippen MR) is 102 cm³/mol. The van der Waals surface area contributed by atoms with Crippen LogP contribution < -0.4 is 10.1 Å². The largest absolute Gasteiger partial charge is 0.487 e. The van der Waals surface area contributed by atoms with Gasteiger partial charge in [-0.1, -0.05) is 18.2 Å². The standard InChI is InChI=1S/C21H24N4O/c1-15(21-13-24-17(3)25-16(21)2)23-12-18-7-9-20(10-8-18)26-14-19-6-4-5-11-22-19/h4-11,13,15,23H,12,14H2,1-3H3. The molecule has 1 N–H and O–H groups in total. The lowest BCUT2D eigenvalue weighted by Gasteiger charge is -2.16. The van der Waals surface area contributed by atoms with E-state index in [-0.39, 0.29) is 6.04 Å². The minimum atomic E-state index is 0.190. The van der Waals surface area contributed by atoms with Crippen LogP contribution in [0.25, 0.3) is 0 Å². The van der Waals surface area contributed by atoms with Crippen molar-refractivity contribution < 1.29 is 4.74 Å². The second-order valence-corrected chi connectivity index (χ2v) is 6.31. The van der Waals surface area contributed by atoms with Crippen LogP contribution in [0, 0.1) is 13.8 Å². The van der Waals surface area contributed by atoms with Gasteiger partial charge < -0.3 is 10.1 Å². The number of aryl methyl sites for hydroxylation is 2. The Balaban J connectivity index is 1.52. The molecule has 0 amide bonds. The summed E-state index contributed by atoms with van der Waals surface area (Å²) in [6, 6.07) is 14.1. The molecule has 0 spiro atoms.